The van der Waals surface area contributed by atoms with Crippen LogP contribution in [0.3, 0.4) is 0 Å². The number of benzene rings is 1. The second-order valence-corrected chi connectivity index (χ2v) is 4.38. The molecule has 0 aliphatic rings. The fourth-order valence-corrected chi connectivity index (χ4v) is 1.92. The van der Waals surface area contributed by atoms with Crippen LogP contribution in [0.5, 0.6) is 0 Å². The van der Waals surface area contributed by atoms with Crippen LogP contribution in [0, 0.1) is 0 Å². The van der Waals surface area contributed by atoms with E-state index in [9.17, 15) is 9.59 Å². The zero-order chi connectivity index (χ0) is 12.8. The summed E-state index contributed by atoms with van der Waals surface area (Å²) in [5, 5.41) is 8.60. The number of carbonyl (C=O) groups excluding carboxylic acids is 1. The monoisotopic (exact) mass is 300 g/mol. The molecule has 0 saturated carbocycles. The van der Waals surface area contributed by atoms with Crippen molar-refractivity contribution in [1.29, 1.82) is 0 Å². The number of ether oxygens (including phenoxy) is 1. The molecule has 1 aromatic carbocycles. The van der Waals surface area contributed by atoms with Crippen LogP contribution in [0.4, 0.5) is 0 Å². The number of carboxylic acid groups (broad SMARTS) is 1. The molecular weight excluding hydrogens is 288 g/mol. The molecule has 0 fully saturated rings. The molecule has 0 heterocycles. The Labute approximate surface area is 108 Å². The molecule has 1 N–H and O–H groups in total. The minimum atomic E-state index is -0.859. The van der Waals surface area contributed by atoms with Crippen LogP contribution < -0.4 is 0 Å². The third-order valence-corrected chi connectivity index (χ3v) is 2.55. The van der Waals surface area contributed by atoms with Crippen LogP contribution in [0.15, 0.2) is 22.7 Å². The number of halogens is 1. The van der Waals surface area contributed by atoms with Crippen molar-refractivity contribution < 1.29 is 19.4 Å². The van der Waals surface area contributed by atoms with Gasteiger partial charge in [0.05, 0.1) is 12.2 Å². The number of aliphatic carboxylic acids is 1. The molecular formula is C12H13BrO4. The van der Waals surface area contributed by atoms with Gasteiger partial charge >= 0.3 is 11.9 Å². The second-order valence-electron chi connectivity index (χ2n) is 3.46. The first kappa shape index (κ1) is 13.7. The summed E-state index contributed by atoms with van der Waals surface area (Å²) < 4.78 is 5.63. The van der Waals surface area contributed by atoms with Gasteiger partial charge in [-0.25, -0.2) is 4.79 Å². The molecule has 0 saturated heterocycles. The molecule has 0 spiro atoms. The fraction of sp³-hybridized carbons (Fsp3) is 0.333. The molecule has 0 radical (unpaired) electrons. The van der Waals surface area contributed by atoms with Crippen LogP contribution in [0.1, 0.15) is 29.3 Å². The van der Waals surface area contributed by atoms with Gasteiger partial charge in [0, 0.05) is 10.9 Å². The maximum absolute atomic E-state index is 11.5. The van der Waals surface area contributed by atoms with Crippen molar-refractivity contribution in [1.82, 2.24) is 0 Å². The molecule has 92 valence electrons. The molecule has 4 nitrogen and oxygen atoms in total. The van der Waals surface area contributed by atoms with Gasteiger partial charge in [-0.1, -0.05) is 15.9 Å². The normalized spacial score (nSPS) is 10.0. The summed E-state index contributed by atoms with van der Waals surface area (Å²) in [6.45, 7) is 2.05. The summed E-state index contributed by atoms with van der Waals surface area (Å²) in [7, 11) is 0. The molecule has 5 heteroatoms. The highest BCUT2D eigenvalue weighted by molar-refractivity contribution is 9.10. The quantitative estimate of drug-likeness (QED) is 0.849. The van der Waals surface area contributed by atoms with Crippen LogP contribution >= 0.6 is 15.9 Å². The van der Waals surface area contributed by atoms with Gasteiger partial charge in [0.15, 0.2) is 0 Å². The number of hydrogen-bond acceptors (Lipinski definition) is 3. The minimum Gasteiger partial charge on any atom is -0.481 e. The van der Waals surface area contributed by atoms with Crippen LogP contribution in [-0.2, 0) is 16.0 Å². The van der Waals surface area contributed by atoms with E-state index in [4.69, 9.17) is 9.84 Å². The third kappa shape index (κ3) is 4.56. The van der Waals surface area contributed by atoms with Crippen molar-refractivity contribution in [2.75, 3.05) is 6.61 Å². The Bertz CT molecular complexity index is 429. The first-order chi connectivity index (χ1) is 8.02. The SMILES string of the molecule is CCOC(=O)c1cc(Br)cc(CCC(=O)O)c1. The molecule has 0 aliphatic heterocycles. The fourth-order valence-electron chi connectivity index (χ4n) is 1.38. The zero-order valence-electron chi connectivity index (χ0n) is 9.40. The van der Waals surface area contributed by atoms with Crippen LogP contribution in [0.25, 0.3) is 0 Å². The second kappa shape index (κ2) is 6.39. The van der Waals surface area contributed by atoms with Crippen molar-refractivity contribution in [2.45, 2.75) is 19.8 Å². The molecule has 0 aromatic heterocycles. The molecule has 0 amide bonds. The summed E-state index contributed by atoms with van der Waals surface area (Å²) in [5.74, 6) is -1.26. The molecule has 17 heavy (non-hydrogen) atoms. The summed E-state index contributed by atoms with van der Waals surface area (Å²) in [5.41, 5.74) is 1.23. The summed E-state index contributed by atoms with van der Waals surface area (Å²) in [4.78, 5) is 22.0. The molecule has 1 aromatic rings. The molecule has 1 rings (SSSR count). The highest BCUT2D eigenvalue weighted by Gasteiger charge is 2.09. The van der Waals surface area contributed by atoms with Gasteiger partial charge in [-0.05, 0) is 37.1 Å². The third-order valence-electron chi connectivity index (χ3n) is 2.10. The predicted octanol–water partition coefficient (Wildman–Crippen LogP) is 2.64. The maximum atomic E-state index is 11.5. The molecule has 0 unspecified atom stereocenters. The minimum absolute atomic E-state index is 0.0404. The zero-order valence-corrected chi connectivity index (χ0v) is 11.0. The Morgan fingerprint density at radius 3 is 2.65 bits per heavy atom. The highest BCUT2D eigenvalue weighted by Crippen LogP contribution is 2.18. The van der Waals surface area contributed by atoms with Crippen molar-refractivity contribution in [2.24, 2.45) is 0 Å². The van der Waals surface area contributed by atoms with Gasteiger partial charge in [-0.2, -0.15) is 0 Å². The van der Waals surface area contributed by atoms with Crippen LogP contribution in [-0.4, -0.2) is 23.7 Å². The van der Waals surface area contributed by atoms with Crippen molar-refractivity contribution >= 4 is 27.9 Å². The number of hydrogen-bond donors (Lipinski definition) is 1. The van der Waals surface area contributed by atoms with E-state index in [1.54, 1.807) is 25.1 Å². The highest BCUT2D eigenvalue weighted by atomic mass is 79.9. The number of carbonyl (C=O) groups is 2. The lowest BCUT2D eigenvalue weighted by Gasteiger charge is -2.05. The summed E-state index contributed by atoms with van der Waals surface area (Å²) in [6.07, 6.45) is 0.430. The van der Waals surface area contributed by atoms with Gasteiger partial charge in [-0.3, -0.25) is 4.79 Å². The lowest BCUT2D eigenvalue weighted by molar-refractivity contribution is -0.136. The van der Waals surface area contributed by atoms with E-state index in [0.29, 0.717) is 18.6 Å². The number of aryl methyl sites for hydroxylation is 1. The van der Waals surface area contributed by atoms with Gasteiger partial charge < -0.3 is 9.84 Å². The average molecular weight is 301 g/mol. The van der Waals surface area contributed by atoms with E-state index in [0.717, 1.165) is 10.0 Å². The Hall–Kier alpha value is -1.36. The van der Waals surface area contributed by atoms with E-state index in [1.807, 2.05) is 0 Å². The Morgan fingerprint density at radius 1 is 1.35 bits per heavy atom. The average Bonchev–Trinajstić information content (AvgIpc) is 2.26. The Kier molecular flexibility index (Phi) is 5.15. The van der Waals surface area contributed by atoms with E-state index < -0.39 is 11.9 Å². The van der Waals surface area contributed by atoms with Crippen molar-refractivity contribution in [3.63, 3.8) is 0 Å². The summed E-state index contributed by atoms with van der Waals surface area (Å²) in [6, 6.07) is 5.11. The molecule has 0 aliphatic carbocycles. The van der Waals surface area contributed by atoms with Crippen molar-refractivity contribution in [3.8, 4) is 0 Å². The van der Waals surface area contributed by atoms with Gasteiger partial charge in [0.2, 0.25) is 0 Å². The predicted molar refractivity (Wildman–Crippen MR) is 66.1 cm³/mol. The Morgan fingerprint density at radius 2 is 2.06 bits per heavy atom. The lowest BCUT2D eigenvalue weighted by atomic mass is 10.1. The standard InChI is InChI=1S/C12H13BrO4/c1-2-17-12(16)9-5-8(3-4-11(14)15)6-10(13)7-9/h5-7H,2-4H2,1H3,(H,14,15). The van der Waals surface area contributed by atoms with Crippen LogP contribution in [0.2, 0.25) is 0 Å². The number of esters is 1. The first-order valence-electron chi connectivity index (χ1n) is 5.21. The van der Waals surface area contributed by atoms with E-state index in [-0.39, 0.29) is 6.42 Å². The smallest absolute Gasteiger partial charge is 0.338 e. The maximum Gasteiger partial charge on any atom is 0.338 e. The number of carboxylic acids is 1. The topological polar surface area (TPSA) is 63.6 Å². The van der Waals surface area contributed by atoms with Gasteiger partial charge in [0.25, 0.3) is 0 Å². The largest absolute Gasteiger partial charge is 0.481 e. The van der Waals surface area contributed by atoms with E-state index >= 15 is 0 Å². The first-order valence-corrected chi connectivity index (χ1v) is 6.00. The Balaban J connectivity index is 2.86. The lowest BCUT2D eigenvalue weighted by Crippen LogP contribution is -2.06. The molecule has 0 atom stereocenters. The van der Waals surface area contributed by atoms with Gasteiger partial charge in [-0.15, -0.1) is 0 Å². The van der Waals surface area contributed by atoms with Crippen molar-refractivity contribution in [3.05, 3.63) is 33.8 Å². The van der Waals surface area contributed by atoms with E-state index in [2.05, 4.69) is 15.9 Å². The van der Waals surface area contributed by atoms with E-state index in [1.165, 1.54) is 0 Å². The number of rotatable bonds is 5. The molecule has 0 bridgehead atoms. The van der Waals surface area contributed by atoms with Gasteiger partial charge in [0.1, 0.15) is 0 Å². The summed E-state index contributed by atoms with van der Waals surface area (Å²) >= 11 is 3.28.